The molecule has 5 rings (SSSR count). The summed E-state index contributed by atoms with van der Waals surface area (Å²) in [6.07, 6.45) is 5.22. The predicted octanol–water partition coefficient (Wildman–Crippen LogP) is 3.94. The molecule has 1 aromatic carbocycles. The summed E-state index contributed by atoms with van der Waals surface area (Å²) in [6.45, 7) is 2.00. The highest BCUT2D eigenvalue weighted by Crippen LogP contribution is 2.38. The number of benzene rings is 1. The number of nitrogens with zero attached hydrogens (tertiary/aromatic N) is 5. The van der Waals surface area contributed by atoms with E-state index < -0.39 is 0 Å². The van der Waals surface area contributed by atoms with Gasteiger partial charge in [0.15, 0.2) is 5.82 Å². The van der Waals surface area contributed by atoms with Crippen molar-refractivity contribution in [2.45, 2.75) is 31.8 Å². The van der Waals surface area contributed by atoms with Crippen LogP contribution in [0.2, 0.25) is 5.02 Å². The number of hydrogen-bond acceptors (Lipinski definition) is 6. The molecule has 1 fully saturated rings. The molecule has 0 spiro atoms. The number of halogens is 1. The van der Waals surface area contributed by atoms with E-state index in [0.29, 0.717) is 33.3 Å². The number of pyridine rings is 2. The fourth-order valence-corrected chi connectivity index (χ4v) is 4.21. The first-order valence-electron chi connectivity index (χ1n) is 10.1. The summed E-state index contributed by atoms with van der Waals surface area (Å²) in [6, 6.07) is 9.26. The van der Waals surface area contributed by atoms with Crippen molar-refractivity contribution >= 4 is 33.9 Å². The summed E-state index contributed by atoms with van der Waals surface area (Å²) in [7, 11) is 1.80. The van der Waals surface area contributed by atoms with Gasteiger partial charge in [0.1, 0.15) is 12.1 Å². The standard InChI is InChI=1S/C22H22ClN7O/c1-12(27-20-19(16(24)8-9-25-20)21-26-11-29(2)28-21)17-10-13-4-3-5-15(23)18(13)22(31)30(17)14-6-7-14/h3-5,8-12,14H,6-7H2,1-2H3,(H3,24,25,27)/t12-/m0/s1. The van der Waals surface area contributed by atoms with E-state index in [-0.39, 0.29) is 17.6 Å². The monoisotopic (exact) mass is 435 g/mol. The van der Waals surface area contributed by atoms with Crippen LogP contribution in [0.3, 0.4) is 0 Å². The molecule has 0 radical (unpaired) electrons. The molecular weight excluding hydrogens is 414 g/mol. The van der Waals surface area contributed by atoms with Crippen molar-refractivity contribution in [3.63, 3.8) is 0 Å². The van der Waals surface area contributed by atoms with Crippen LogP contribution < -0.4 is 16.6 Å². The maximum Gasteiger partial charge on any atom is 0.260 e. The minimum Gasteiger partial charge on any atom is -0.398 e. The van der Waals surface area contributed by atoms with Crippen LogP contribution in [-0.4, -0.2) is 24.3 Å². The summed E-state index contributed by atoms with van der Waals surface area (Å²) in [5.74, 6) is 1.06. The van der Waals surface area contributed by atoms with Gasteiger partial charge in [-0.05, 0) is 43.4 Å². The second-order valence-corrected chi connectivity index (χ2v) is 8.32. The summed E-state index contributed by atoms with van der Waals surface area (Å²) in [4.78, 5) is 22.2. The summed E-state index contributed by atoms with van der Waals surface area (Å²) >= 11 is 6.36. The smallest absolute Gasteiger partial charge is 0.260 e. The normalized spacial score (nSPS) is 14.7. The number of aromatic nitrogens is 5. The van der Waals surface area contributed by atoms with Crippen LogP contribution in [0.15, 0.2) is 47.7 Å². The Bertz CT molecular complexity index is 1360. The van der Waals surface area contributed by atoms with Crippen molar-refractivity contribution in [3.05, 3.63) is 63.9 Å². The van der Waals surface area contributed by atoms with Gasteiger partial charge in [-0.2, -0.15) is 5.10 Å². The van der Waals surface area contributed by atoms with Gasteiger partial charge < -0.3 is 15.6 Å². The van der Waals surface area contributed by atoms with E-state index in [2.05, 4.69) is 20.4 Å². The maximum absolute atomic E-state index is 13.3. The Morgan fingerprint density at radius 1 is 1.26 bits per heavy atom. The van der Waals surface area contributed by atoms with Crippen LogP contribution >= 0.6 is 11.6 Å². The molecule has 1 saturated carbocycles. The fourth-order valence-electron chi connectivity index (χ4n) is 3.95. The van der Waals surface area contributed by atoms with Gasteiger partial charge in [0.05, 0.1) is 22.0 Å². The number of fused-ring (bicyclic) bond motifs is 1. The van der Waals surface area contributed by atoms with Gasteiger partial charge in [0, 0.05) is 30.7 Å². The predicted molar refractivity (Wildman–Crippen MR) is 122 cm³/mol. The zero-order chi connectivity index (χ0) is 21.7. The van der Waals surface area contributed by atoms with Crippen LogP contribution in [0.4, 0.5) is 11.5 Å². The molecule has 1 atom stereocenters. The second-order valence-electron chi connectivity index (χ2n) is 7.91. The quantitative estimate of drug-likeness (QED) is 0.492. The fraction of sp³-hybridized carbons (Fsp3) is 0.273. The molecule has 4 aromatic rings. The lowest BCUT2D eigenvalue weighted by molar-refractivity contribution is 0.636. The van der Waals surface area contributed by atoms with Crippen molar-refractivity contribution in [1.82, 2.24) is 24.3 Å². The highest BCUT2D eigenvalue weighted by Gasteiger charge is 2.30. The molecule has 0 bridgehead atoms. The van der Waals surface area contributed by atoms with E-state index >= 15 is 0 Å². The molecule has 3 N–H and O–H groups in total. The third kappa shape index (κ3) is 3.42. The maximum atomic E-state index is 13.3. The van der Waals surface area contributed by atoms with Crippen LogP contribution in [0.25, 0.3) is 22.2 Å². The lowest BCUT2D eigenvalue weighted by Crippen LogP contribution is -2.26. The zero-order valence-electron chi connectivity index (χ0n) is 17.2. The Hall–Kier alpha value is -3.39. The lowest BCUT2D eigenvalue weighted by Gasteiger charge is -2.22. The molecule has 3 aromatic heterocycles. The van der Waals surface area contributed by atoms with Gasteiger partial charge in [-0.25, -0.2) is 9.97 Å². The van der Waals surface area contributed by atoms with E-state index in [0.717, 1.165) is 23.9 Å². The minimum atomic E-state index is -0.214. The number of rotatable bonds is 5. The molecular formula is C22H22ClN7O. The van der Waals surface area contributed by atoms with E-state index in [4.69, 9.17) is 17.3 Å². The number of hydrogen-bond donors (Lipinski definition) is 2. The van der Waals surface area contributed by atoms with Gasteiger partial charge in [0.2, 0.25) is 0 Å². The molecule has 8 nitrogen and oxygen atoms in total. The lowest BCUT2D eigenvalue weighted by atomic mass is 10.1. The van der Waals surface area contributed by atoms with Gasteiger partial charge in [-0.3, -0.25) is 9.48 Å². The Kier molecular flexibility index (Phi) is 4.66. The van der Waals surface area contributed by atoms with Gasteiger partial charge in [0.25, 0.3) is 5.56 Å². The van der Waals surface area contributed by atoms with E-state index in [1.807, 2.05) is 29.7 Å². The van der Waals surface area contributed by atoms with E-state index in [9.17, 15) is 4.79 Å². The Morgan fingerprint density at radius 2 is 2.06 bits per heavy atom. The molecule has 0 aliphatic heterocycles. The average molecular weight is 436 g/mol. The number of nitrogens with two attached hydrogens (primary N) is 1. The Morgan fingerprint density at radius 3 is 2.77 bits per heavy atom. The Labute approximate surface area is 183 Å². The largest absolute Gasteiger partial charge is 0.398 e. The molecule has 1 aliphatic carbocycles. The first-order chi connectivity index (χ1) is 14.9. The second kappa shape index (κ2) is 7.39. The molecule has 9 heteroatoms. The van der Waals surface area contributed by atoms with Gasteiger partial charge >= 0.3 is 0 Å². The molecule has 0 unspecified atom stereocenters. The van der Waals surface area contributed by atoms with Crippen molar-refractivity contribution in [3.8, 4) is 11.4 Å². The van der Waals surface area contributed by atoms with Crippen LogP contribution in [-0.2, 0) is 7.05 Å². The third-order valence-corrected chi connectivity index (χ3v) is 5.89. The number of anilines is 2. The number of nitrogen functional groups attached to an aromatic ring is 1. The van der Waals surface area contributed by atoms with Gasteiger partial charge in [-0.15, -0.1) is 0 Å². The topological polar surface area (TPSA) is 104 Å². The molecule has 3 heterocycles. The Balaban J connectivity index is 1.61. The highest BCUT2D eigenvalue weighted by atomic mass is 35.5. The molecule has 0 amide bonds. The van der Waals surface area contributed by atoms with Crippen molar-refractivity contribution in [2.24, 2.45) is 7.05 Å². The zero-order valence-corrected chi connectivity index (χ0v) is 18.0. The van der Waals surface area contributed by atoms with Gasteiger partial charge in [-0.1, -0.05) is 23.7 Å². The number of nitrogens with one attached hydrogen (secondary N) is 1. The third-order valence-electron chi connectivity index (χ3n) is 5.58. The molecule has 1 aliphatic rings. The molecule has 31 heavy (non-hydrogen) atoms. The average Bonchev–Trinajstić information content (AvgIpc) is 3.48. The molecule has 158 valence electrons. The van der Waals surface area contributed by atoms with Crippen molar-refractivity contribution < 1.29 is 0 Å². The first-order valence-corrected chi connectivity index (χ1v) is 10.5. The van der Waals surface area contributed by atoms with Crippen molar-refractivity contribution in [1.29, 1.82) is 0 Å². The summed E-state index contributed by atoms with van der Waals surface area (Å²) in [5.41, 5.74) is 8.23. The summed E-state index contributed by atoms with van der Waals surface area (Å²) < 4.78 is 3.49. The minimum absolute atomic E-state index is 0.0543. The van der Waals surface area contributed by atoms with E-state index in [1.165, 1.54) is 0 Å². The van der Waals surface area contributed by atoms with Crippen LogP contribution in [0, 0.1) is 0 Å². The van der Waals surface area contributed by atoms with E-state index in [1.54, 1.807) is 36.4 Å². The number of aryl methyl sites for hydroxylation is 1. The van der Waals surface area contributed by atoms with Crippen molar-refractivity contribution in [2.75, 3.05) is 11.1 Å². The summed E-state index contributed by atoms with van der Waals surface area (Å²) in [5, 5.41) is 9.67. The first kappa shape index (κ1) is 19.6. The van der Waals surface area contributed by atoms with Crippen LogP contribution in [0.5, 0.6) is 0 Å². The molecule has 0 saturated heterocycles. The highest BCUT2D eigenvalue weighted by molar-refractivity contribution is 6.35. The SMILES string of the molecule is C[C@H](Nc1nccc(N)c1-c1ncn(C)n1)c1cc2cccc(Cl)c2c(=O)n1C1CC1. The van der Waals surface area contributed by atoms with Crippen LogP contribution in [0.1, 0.15) is 37.5 Å².